The first-order valence-electron chi connectivity index (χ1n) is 11.0. The molecule has 0 radical (unpaired) electrons. The van der Waals surface area contributed by atoms with E-state index >= 15 is 0 Å². The molecule has 6 nitrogen and oxygen atoms in total. The first kappa shape index (κ1) is 21.2. The van der Waals surface area contributed by atoms with E-state index in [0.717, 1.165) is 30.8 Å². The van der Waals surface area contributed by atoms with Gasteiger partial charge < -0.3 is 19.3 Å². The summed E-state index contributed by atoms with van der Waals surface area (Å²) in [4.78, 5) is 29.5. The monoisotopic (exact) mass is 422 g/mol. The van der Waals surface area contributed by atoms with Gasteiger partial charge in [0.05, 0.1) is 14.2 Å². The minimum Gasteiger partial charge on any atom is -0.497 e. The van der Waals surface area contributed by atoms with Gasteiger partial charge in [-0.1, -0.05) is 6.07 Å². The molecule has 0 aromatic heterocycles. The molecular formula is C25H30N2O4. The zero-order chi connectivity index (χ0) is 21.8. The van der Waals surface area contributed by atoms with E-state index in [1.165, 1.54) is 11.1 Å². The van der Waals surface area contributed by atoms with Gasteiger partial charge in [0.1, 0.15) is 11.5 Å². The second-order valence-corrected chi connectivity index (χ2v) is 8.26. The molecule has 0 N–H and O–H groups in total. The van der Waals surface area contributed by atoms with Crippen LogP contribution in [0.5, 0.6) is 11.5 Å². The number of fused-ring (bicyclic) bond motifs is 1. The molecule has 2 aromatic rings. The number of aryl methyl sites for hydroxylation is 1. The van der Waals surface area contributed by atoms with Crippen molar-refractivity contribution in [3.05, 3.63) is 59.2 Å². The zero-order valence-electron chi connectivity index (χ0n) is 18.3. The van der Waals surface area contributed by atoms with Crippen LogP contribution >= 0.6 is 0 Å². The Balaban J connectivity index is 1.33. The fourth-order valence-corrected chi connectivity index (χ4v) is 4.65. The Kier molecular flexibility index (Phi) is 6.44. The third-order valence-electron chi connectivity index (χ3n) is 6.47. The van der Waals surface area contributed by atoms with Gasteiger partial charge in [-0.05, 0) is 72.7 Å². The lowest BCUT2D eigenvalue weighted by molar-refractivity contribution is -0.133. The van der Waals surface area contributed by atoms with E-state index in [4.69, 9.17) is 9.47 Å². The molecule has 6 heteroatoms. The molecule has 0 bridgehead atoms. The van der Waals surface area contributed by atoms with Gasteiger partial charge in [-0.2, -0.15) is 0 Å². The summed E-state index contributed by atoms with van der Waals surface area (Å²) in [6.07, 6.45) is 3.72. The quantitative estimate of drug-likeness (QED) is 0.740. The number of rotatable bonds is 5. The van der Waals surface area contributed by atoms with Crippen molar-refractivity contribution in [1.29, 1.82) is 0 Å². The largest absolute Gasteiger partial charge is 0.497 e. The molecule has 1 saturated heterocycles. The summed E-state index contributed by atoms with van der Waals surface area (Å²) in [6, 6.07) is 13.4. The predicted molar refractivity (Wildman–Crippen MR) is 119 cm³/mol. The number of amides is 2. The minimum absolute atomic E-state index is 0.00454. The Morgan fingerprint density at radius 1 is 0.903 bits per heavy atom. The van der Waals surface area contributed by atoms with Crippen LogP contribution in [0.15, 0.2) is 42.5 Å². The van der Waals surface area contributed by atoms with E-state index < -0.39 is 0 Å². The Morgan fingerprint density at radius 2 is 1.55 bits per heavy atom. The number of piperazine rings is 1. The molecule has 1 heterocycles. The Labute approximate surface area is 183 Å². The summed E-state index contributed by atoms with van der Waals surface area (Å²) >= 11 is 0. The number of hydrogen-bond acceptors (Lipinski definition) is 4. The van der Waals surface area contributed by atoms with Crippen molar-refractivity contribution >= 4 is 11.8 Å². The van der Waals surface area contributed by atoms with Crippen LogP contribution < -0.4 is 9.47 Å². The summed E-state index contributed by atoms with van der Waals surface area (Å²) in [5.74, 6) is 2.06. The van der Waals surface area contributed by atoms with Gasteiger partial charge in [0.2, 0.25) is 5.91 Å². The topological polar surface area (TPSA) is 59.1 Å². The summed E-state index contributed by atoms with van der Waals surface area (Å²) < 4.78 is 10.5. The number of nitrogens with zero attached hydrogens (tertiary/aromatic N) is 2. The standard InChI is InChI=1S/C25H30N2O4/c1-30-21-8-6-18(7-9-21)25(29)27-14-12-26(13-15-27)24(28)17-20-5-3-4-19-16-22(31-2)10-11-23(19)20/h6-11,16,20H,3-5,12-15,17H2,1-2H3. The third kappa shape index (κ3) is 4.68. The Morgan fingerprint density at radius 3 is 2.23 bits per heavy atom. The SMILES string of the molecule is COc1ccc(C(=O)N2CCN(C(=O)CC3CCCc4cc(OC)ccc43)CC2)cc1. The molecule has 1 fully saturated rings. The number of carbonyl (C=O) groups is 2. The van der Waals surface area contributed by atoms with Crippen LogP contribution in [0.25, 0.3) is 0 Å². The minimum atomic E-state index is 0.00454. The van der Waals surface area contributed by atoms with Gasteiger partial charge in [-0.3, -0.25) is 9.59 Å². The van der Waals surface area contributed by atoms with Gasteiger partial charge in [-0.15, -0.1) is 0 Å². The first-order chi connectivity index (χ1) is 15.1. The molecule has 1 atom stereocenters. The average Bonchev–Trinajstić information content (AvgIpc) is 2.83. The molecule has 164 valence electrons. The number of carbonyl (C=O) groups excluding carboxylic acids is 2. The molecule has 4 rings (SSSR count). The summed E-state index contributed by atoms with van der Waals surface area (Å²) in [5.41, 5.74) is 3.24. The first-order valence-corrected chi connectivity index (χ1v) is 11.0. The second kappa shape index (κ2) is 9.41. The molecule has 0 spiro atoms. The highest BCUT2D eigenvalue weighted by molar-refractivity contribution is 5.94. The second-order valence-electron chi connectivity index (χ2n) is 8.26. The van der Waals surface area contributed by atoms with Gasteiger partial charge in [-0.25, -0.2) is 0 Å². The molecule has 2 aliphatic rings. The smallest absolute Gasteiger partial charge is 0.253 e. The Bertz CT molecular complexity index is 933. The van der Waals surface area contributed by atoms with Crippen LogP contribution in [0.2, 0.25) is 0 Å². The van der Waals surface area contributed by atoms with Crippen molar-refractivity contribution in [3.63, 3.8) is 0 Å². The van der Waals surface area contributed by atoms with E-state index in [9.17, 15) is 9.59 Å². The van der Waals surface area contributed by atoms with E-state index in [-0.39, 0.29) is 17.7 Å². The van der Waals surface area contributed by atoms with Crippen LogP contribution in [-0.4, -0.2) is 62.0 Å². The van der Waals surface area contributed by atoms with Gasteiger partial charge in [0, 0.05) is 38.2 Å². The van der Waals surface area contributed by atoms with Gasteiger partial charge >= 0.3 is 0 Å². The van der Waals surface area contributed by atoms with Gasteiger partial charge in [0.15, 0.2) is 0 Å². The molecule has 31 heavy (non-hydrogen) atoms. The lowest BCUT2D eigenvalue weighted by Gasteiger charge is -2.36. The van der Waals surface area contributed by atoms with Crippen LogP contribution in [0.4, 0.5) is 0 Å². The van der Waals surface area contributed by atoms with E-state index in [0.29, 0.717) is 38.2 Å². The highest BCUT2D eigenvalue weighted by Gasteiger charge is 2.28. The number of methoxy groups -OCH3 is 2. The molecule has 2 amide bonds. The van der Waals surface area contributed by atoms with Crippen LogP contribution in [0.1, 0.15) is 46.7 Å². The maximum absolute atomic E-state index is 13.0. The van der Waals surface area contributed by atoms with Crippen molar-refractivity contribution in [1.82, 2.24) is 9.80 Å². The highest BCUT2D eigenvalue weighted by atomic mass is 16.5. The molecular weight excluding hydrogens is 392 g/mol. The van der Waals surface area contributed by atoms with Crippen molar-refractivity contribution < 1.29 is 19.1 Å². The van der Waals surface area contributed by atoms with Crippen molar-refractivity contribution in [2.45, 2.75) is 31.6 Å². The molecule has 1 aliphatic carbocycles. The summed E-state index contributed by atoms with van der Waals surface area (Å²) in [5, 5.41) is 0. The van der Waals surface area contributed by atoms with Gasteiger partial charge in [0.25, 0.3) is 5.91 Å². The molecule has 1 unspecified atom stereocenters. The molecule has 2 aromatic carbocycles. The average molecular weight is 423 g/mol. The zero-order valence-corrected chi connectivity index (χ0v) is 18.3. The van der Waals surface area contributed by atoms with E-state index in [1.54, 1.807) is 38.5 Å². The maximum atomic E-state index is 13.0. The summed E-state index contributed by atoms with van der Waals surface area (Å²) in [7, 11) is 3.29. The van der Waals surface area contributed by atoms with E-state index in [2.05, 4.69) is 12.1 Å². The fourth-order valence-electron chi connectivity index (χ4n) is 4.65. The number of benzene rings is 2. The lowest BCUT2D eigenvalue weighted by atomic mass is 9.80. The Hall–Kier alpha value is -3.02. The lowest BCUT2D eigenvalue weighted by Crippen LogP contribution is -2.50. The van der Waals surface area contributed by atoms with Crippen LogP contribution in [0, 0.1) is 0 Å². The highest BCUT2D eigenvalue weighted by Crippen LogP contribution is 2.36. The number of hydrogen-bond donors (Lipinski definition) is 0. The van der Waals surface area contributed by atoms with Crippen LogP contribution in [0.3, 0.4) is 0 Å². The van der Waals surface area contributed by atoms with Crippen LogP contribution in [-0.2, 0) is 11.2 Å². The van der Waals surface area contributed by atoms with E-state index in [1.807, 2.05) is 15.9 Å². The van der Waals surface area contributed by atoms with Crippen molar-refractivity contribution in [2.24, 2.45) is 0 Å². The summed E-state index contributed by atoms with van der Waals surface area (Å²) in [6.45, 7) is 2.30. The molecule has 0 saturated carbocycles. The van der Waals surface area contributed by atoms with Crippen molar-refractivity contribution in [3.8, 4) is 11.5 Å². The maximum Gasteiger partial charge on any atom is 0.253 e. The number of ether oxygens (including phenoxy) is 2. The normalized spacial score (nSPS) is 18.3. The fraction of sp³-hybridized carbons (Fsp3) is 0.440. The van der Waals surface area contributed by atoms with Crippen molar-refractivity contribution in [2.75, 3.05) is 40.4 Å². The predicted octanol–water partition coefficient (Wildman–Crippen LogP) is 3.50. The molecule has 1 aliphatic heterocycles. The third-order valence-corrected chi connectivity index (χ3v) is 6.47.